The predicted molar refractivity (Wildman–Crippen MR) is 136 cm³/mol. The lowest BCUT2D eigenvalue weighted by Crippen LogP contribution is -2.52. The number of rotatable bonds is 10. The van der Waals surface area contributed by atoms with E-state index in [2.05, 4.69) is 0 Å². The van der Waals surface area contributed by atoms with E-state index in [1.807, 2.05) is 48.5 Å². The van der Waals surface area contributed by atoms with Crippen LogP contribution in [-0.2, 0) is 16.1 Å². The Labute approximate surface area is 213 Å². The molecule has 0 saturated carbocycles. The SMILES string of the molecule is COc1ccccc1COCCCOc1ccc(C2C(O)CN(C(=O)OC(C)(C)C)CC2CO)cc1. The first-order valence-corrected chi connectivity index (χ1v) is 12.4. The number of amides is 1. The summed E-state index contributed by atoms with van der Waals surface area (Å²) in [5.74, 6) is 0.960. The van der Waals surface area contributed by atoms with Gasteiger partial charge in [0.2, 0.25) is 0 Å². The van der Waals surface area contributed by atoms with Crippen LogP contribution in [0.15, 0.2) is 48.5 Å². The third-order valence-electron chi connectivity index (χ3n) is 6.09. The number of likely N-dealkylation sites (tertiary alicyclic amines) is 1. The maximum atomic E-state index is 12.5. The molecule has 1 heterocycles. The highest BCUT2D eigenvalue weighted by atomic mass is 16.6. The van der Waals surface area contributed by atoms with Crippen LogP contribution in [0.5, 0.6) is 11.5 Å². The van der Waals surface area contributed by atoms with Gasteiger partial charge in [-0.1, -0.05) is 30.3 Å². The Hall–Kier alpha value is -2.81. The Morgan fingerprint density at radius 2 is 1.78 bits per heavy atom. The number of nitrogens with zero attached hydrogens (tertiary/aromatic N) is 1. The predicted octanol–water partition coefficient (Wildman–Crippen LogP) is 3.98. The number of hydrogen-bond donors (Lipinski definition) is 2. The van der Waals surface area contributed by atoms with E-state index < -0.39 is 17.8 Å². The van der Waals surface area contributed by atoms with Crippen molar-refractivity contribution < 1.29 is 34.0 Å². The minimum Gasteiger partial charge on any atom is -0.496 e. The molecule has 2 aromatic carbocycles. The molecule has 3 unspecified atom stereocenters. The summed E-state index contributed by atoms with van der Waals surface area (Å²) in [4.78, 5) is 13.9. The van der Waals surface area contributed by atoms with Crippen molar-refractivity contribution in [3.63, 3.8) is 0 Å². The number of benzene rings is 2. The highest BCUT2D eigenvalue weighted by Crippen LogP contribution is 2.34. The molecule has 0 aliphatic carbocycles. The number of β-amino-alcohol motifs (C(OH)–C–C–N with tert-alkyl or cyclic N) is 1. The van der Waals surface area contributed by atoms with Crippen LogP contribution in [0.1, 0.15) is 44.2 Å². The highest BCUT2D eigenvalue weighted by molar-refractivity contribution is 5.68. The van der Waals surface area contributed by atoms with Crippen LogP contribution in [0.2, 0.25) is 0 Å². The average molecular weight is 502 g/mol. The highest BCUT2D eigenvalue weighted by Gasteiger charge is 2.39. The van der Waals surface area contributed by atoms with Crippen LogP contribution in [0, 0.1) is 5.92 Å². The zero-order valence-electron chi connectivity index (χ0n) is 21.7. The lowest BCUT2D eigenvalue weighted by Gasteiger charge is -2.41. The van der Waals surface area contributed by atoms with Gasteiger partial charge in [0.1, 0.15) is 17.1 Å². The van der Waals surface area contributed by atoms with Crippen molar-refractivity contribution in [3.8, 4) is 11.5 Å². The number of methoxy groups -OCH3 is 1. The van der Waals surface area contributed by atoms with Crippen molar-refractivity contribution in [3.05, 3.63) is 59.7 Å². The quantitative estimate of drug-likeness (QED) is 0.475. The number of aliphatic hydroxyl groups is 2. The first-order valence-electron chi connectivity index (χ1n) is 12.4. The van der Waals surface area contributed by atoms with Crippen LogP contribution in [0.3, 0.4) is 0 Å². The number of aliphatic hydroxyl groups excluding tert-OH is 2. The third kappa shape index (κ3) is 7.85. The molecule has 1 saturated heterocycles. The van der Waals surface area contributed by atoms with Crippen LogP contribution < -0.4 is 9.47 Å². The molecule has 3 rings (SSSR count). The van der Waals surface area contributed by atoms with E-state index in [9.17, 15) is 15.0 Å². The summed E-state index contributed by atoms with van der Waals surface area (Å²) in [5, 5.41) is 20.8. The smallest absolute Gasteiger partial charge is 0.410 e. The molecular weight excluding hydrogens is 462 g/mol. The summed E-state index contributed by atoms with van der Waals surface area (Å²) >= 11 is 0. The number of hydrogen-bond acceptors (Lipinski definition) is 7. The third-order valence-corrected chi connectivity index (χ3v) is 6.09. The van der Waals surface area contributed by atoms with Crippen molar-refractivity contribution in [1.82, 2.24) is 4.90 Å². The van der Waals surface area contributed by atoms with Crippen molar-refractivity contribution in [1.29, 1.82) is 0 Å². The minimum atomic E-state index is -0.810. The molecule has 0 aromatic heterocycles. The maximum Gasteiger partial charge on any atom is 0.410 e. The van der Waals surface area contributed by atoms with E-state index in [4.69, 9.17) is 18.9 Å². The molecule has 1 amide bonds. The van der Waals surface area contributed by atoms with Gasteiger partial charge in [-0.25, -0.2) is 4.79 Å². The molecular formula is C28H39NO7. The first kappa shape index (κ1) is 27.8. The van der Waals surface area contributed by atoms with Gasteiger partial charge in [-0.05, 0) is 44.5 Å². The second-order valence-electron chi connectivity index (χ2n) is 10.1. The molecule has 198 valence electrons. The Morgan fingerprint density at radius 1 is 1.06 bits per heavy atom. The van der Waals surface area contributed by atoms with Gasteiger partial charge in [0.25, 0.3) is 0 Å². The molecule has 2 aromatic rings. The molecule has 0 spiro atoms. The minimum absolute atomic E-state index is 0.145. The van der Waals surface area contributed by atoms with Gasteiger partial charge < -0.3 is 34.1 Å². The zero-order valence-corrected chi connectivity index (χ0v) is 21.7. The van der Waals surface area contributed by atoms with E-state index in [0.717, 1.165) is 29.0 Å². The fourth-order valence-electron chi connectivity index (χ4n) is 4.41. The summed E-state index contributed by atoms with van der Waals surface area (Å²) in [6, 6.07) is 15.3. The van der Waals surface area contributed by atoms with Crippen molar-refractivity contribution in [2.24, 2.45) is 5.92 Å². The fourth-order valence-corrected chi connectivity index (χ4v) is 4.41. The topological polar surface area (TPSA) is 97.7 Å². The summed E-state index contributed by atoms with van der Waals surface area (Å²) in [7, 11) is 1.65. The van der Waals surface area contributed by atoms with Crippen LogP contribution >= 0.6 is 0 Å². The van der Waals surface area contributed by atoms with Gasteiger partial charge in [0.05, 0.1) is 39.6 Å². The fraction of sp³-hybridized carbons (Fsp3) is 0.536. The average Bonchev–Trinajstić information content (AvgIpc) is 2.85. The Morgan fingerprint density at radius 3 is 2.44 bits per heavy atom. The molecule has 8 nitrogen and oxygen atoms in total. The van der Waals surface area contributed by atoms with Crippen molar-refractivity contribution in [2.75, 3.05) is 40.0 Å². The molecule has 36 heavy (non-hydrogen) atoms. The zero-order chi connectivity index (χ0) is 26.1. The lowest BCUT2D eigenvalue weighted by atomic mass is 9.79. The maximum absolute atomic E-state index is 12.5. The molecule has 0 bridgehead atoms. The van der Waals surface area contributed by atoms with E-state index in [-0.39, 0.29) is 25.0 Å². The molecule has 8 heteroatoms. The van der Waals surface area contributed by atoms with Crippen molar-refractivity contribution in [2.45, 2.75) is 51.4 Å². The Balaban J connectivity index is 1.46. The van der Waals surface area contributed by atoms with Crippen molar-refractivity contribution >= 4 is 6.09 Å². The van der Waals surface area contributed by atoms with E-state index in [1.54, 1.807) is 27.9 Å². The molecule has 0 radical (unpaired) electrons. The summed E-state index contributed by atoms with van der Waals surface area (Å²) in [5.41, 5.74) is 1.29. The molecule has 1 aliphatic heterocycles. The molecule has 2 N–H and O–H groups in total. The lowest BCUT2D eigenvalue weighted by molar-refractivity contribution is -0.0245. The normalized spacial score (nSPS) is 20.2. The number of carbonyl (C=O) groups is 1. The first-order chi connectivity index (χ1) is 17.2. The Bertz CT molecular complexity index is 957. The van der Waals surface area contributed by atoms with Crippen LogP contribution in [-0.4, -0.2) is 72.9 Å². The Kier molecular flexibility index (Phi) is 9.98. The number of piperidine rings is 1. The summed E-state index contributed by atoms with van der Waals surface area (Å²) in [6.45, 7) is 7.30. The second-order valence-corrected chi connectivity index (χ2v) is 10.1. The summed E-state index contributed by atoms with van der Waals surface area (Å²) in [6.07, 6.45) is -0.546. The van der Waals surface area contributed by atoms with Gasteiger partial charge in [-0.15, -0.1) is 0 Å². The molecule has 1 aliphatic rings. The summed E-state index contributed by atoms with van der Waals surface area (Å²) < 4.78 is 22.3. The number of ether oxygens (including phenoxy) is 4. The monoisotopic (exact) mass is 501 g/mol. The van der Waals surface area contributed by atoms with Gasteiger partial charge in [-0.2, -0.15) is 0 Å². The van der Waals surface area contributed by atoms with Gasteiger partial charge in [-0.3, -0.25) is 0 Å². The van der Waals surface area contributed by atoms with E-state index in [1.165, 1.54) is 4.90 Å². The van der Waals surface area contributed by atoms with Crippen LogP contribution in [0.4, 0.5) is 4.79 Å². The second kappa shape index (κ2) is 12.9. The number of carbonyl (C=O) groups excluding carboxylic acids is 1. The van der Waals surface area contributed by atoms with E-state index >= 15 is 0 Å². The number of para-hydroxylation sites is 1. The van der Waals surface area contributed by atoms with Gasteiger partial charge in [0.15, 0.2) is 0 Å². The molecule has 1 fully saturated rings. The van der Waals surface area contributed by atoms with Crippen LogP contribution in [0.25, 0.3) is 0 Å². The van der Waals surface area contributed by atoms with Gasteiger partial charge in [0, 0.05) is 37.0 Å². The standard InChI is InChI=1S/C28H39NO7/c1-28(2,3)36-27(32)29-16-22(18-30)26(24(31)17-29)20-10-12-23(13-11-20)35-15-7-14-34-19-21-8-5-6-9-25(21)33-4/h5-6,8-13,22,24,26,30-31H,7,14-19H2,1-4H3. The largest absolute Gasteiger partial charge is 0.496 e. The molecule has 3 atom stereocenters. The van der Waals surface area contributed by atoms with E-state index in [0.29, 0.717) is 26.4 Å². The van der Waals surface area contributed by atoms with Gasteiger partial charge >= 0.3 is 6.09 Å².